The lowest BCUT2D eigenvalue weighted by molar-refractivity contribution is 0.0524. The van der Waals surface area contributed by atoms with Gasteiger partial charge in [-0.25, -0.2) is 4.39 Å². The third-order valence-corrected chi connectivity index (χ3v) is 3.12. The van der Waals surface area contributed by atoms with Crippen LogP contribution in [0.25, 0.3) is 0 Å². The van der Waals surface area contributed by atoms with Crippen LogP contribution in [0.1, 0.15) is 24.2 Å². The van der Waals surface area contributed by atoms with Gasteiger partial charge >= 0.3 is 0 Å². The van der Waals surface area contributed by atoms with Crippen LogP contribution < -0.4 is 0 Å². The van der Waals surface area contributed by atoms with Gasteiger partial charge in [-0.1, -0.05) is 15.9 Å². The molecule has 0 bridgehead atoms. The molecule has 0 N–H and O–H groups in total. The van der Waals surface area contributed by atoms with Crippen molar-refractivity contribution in [2.75, 3.05) is 6.61 Å². The zero-order chi connectivity index (χ0) is 9.42. The summed E-state index contributed by atoms with van der Waals surface area (Å²) in [5.74, 6) is -0.162. The molecule has 0 fully saturated rings. The molecular weight excluding hydrogens is 235 g/mol. The molecule has 1 unspecified atom stereocenters. The van der Waals surface area contributed by atoms with E-state index in [0.29, 0.717) is 12.2 Å². The van der Waals surface area contributed by atoms with Crippen LogP contribution in [0.15, 0.2) is 16.6 Å². The molecule has 0 aliphatic carbocycles. The van der Waals surface area contributed by atoms with E-state index in [9.17, 15) is 4.39 Å². The van der Waals surface area contributed by atoms with Crippen LogP contribution in [0.5, 0.6) is 0 Å². The Balaban J connectivity index is 2.60. The minimum Gasteiger partial charge on any atom is -0.373 e. The molecule has 1 heterocycles. The highest BCUT2D eigenvalue weighted by molar-refractivity contribution is 9.10. The largest absolute Gasteiger partial charge is 0.373 e. The van der Waals surface area contributed by atoms with Crippen molar-refractivity contribution in [1.82, 2.24) is 0 Å². The van der Waals surface area contributed by atoms with Gasteiger partial charge in [-0.15, -0.1) is 0 Å². The second kappa shape index (κ2) is 3.39. The molecule has 0 spiro atoms. The first kappa shape index (κ1) is 9.16. The van der Waals surface area contributed by atoms with Gasteiger partial charge in [0.15, 0.2) is 0 Å². The van der Waals surface area contributed by atoms with Crippen molar-refractivity contribution in [3.8, 4) is 0 Å². The maximum absolute atomic E-state index is 13.4. The normalized spacial score (nSPS) is 21.3. The van der Waals surface area contributed by atoms with Gasteiger partial charge in [-0.3, -0.25) is 0 Å². The lowest BCUT2D eigenvalue weighted by atomic mass is 9.98. The van der Waals surface area contributed by atoms with Gasteiger partial charge in [0, 0.05) is 10.0 Å². The van der Waals surface area contributed by atoms with E-state index in [1.165, 1.54) is 6.07 Å². The average molecular weight is 245 g/mol. The van der Waals surface area contributed by atoms with Crippen LogP contribution in [-0.2, 0) is 11.2 Å². The molecule has 1 nitrogen and oxygen atoms in total. The van der Waals surface area contributed by atoms with E-state index < -0.39 is 0 Å². The van der Waals surface area contributed by atoms with Gasteiger partial charge in [0.25, 0.3) is 0 Å². The predicted octanol–water partition coefficient (Wildman–Crippen LogP) is 3.22. The smallest absolute Gasteiger partial charge is 0.129 e. The van der Waals surface area contributed by atoms with Gasteiger partial charge in [0.2, 0.25) is 0 Å². The SMILES string of the molecule is CC1OCCc2c(Br)ccc(F)c21. The van der Waals surface area contributed by atoms with Gasteiger partial charge in [-0.2, -0.15) is 0 Å². The standard InChI is InChI=1S/C10H10BrFO/c1-6-10-7(4-5-13-6)8(11)2-3-9(10)12/h2-3,6H,4-5H2,1H3. The Morgan fingerprint density at radius 3 is 3.00 bits per heavy atom. The monoisotopic (exact) mass is 244 g/mol. The zero-order valence-corrected chi connectivity index (χ0v) is 8.90. The number of halogens is 2. The van der Waals surface area contributed by atoms with Crippen molar-refractivity contribution in [2.45, 2.75) is 19.4 Å². The van der Waals surface area contributed by atoms with E-state index in [1.54, 1.807) is 6.07 Å². The summed E-state index contributed by atoms with van der Waals surface area (Å²) in [5.41, 5.74) is 1.76. The third kappa shape index (κ3) is 1.51. The van der Waals surface area contributed by atoms with Gasteiger partial charge in [-0.05, 0) is 31.0 Å². The molecule has 0 radical (unpaired) electrons. The Kier molecular flexibility index (Phi) is 2.39. The predicted molar refractivity (Wildman–Crippen MR) is 52.2 cm³/mol. The Morgan fingerprint density at radius 1 is 1.54 bits per heavy atom. The molecule has 70 valence electrons. The molecule has 1 aliphatic rings. The Labute approximate surface area is 85.0 Å². The van der Waals surface area contributed by atoms with Crippen molar-refractivity contribution < 1.29 is 9.13 Å². The lowest BCUT2D eigenvalue weighted by Crippen LogP contribution is -2.16. The first-order chi connectivity index (χ1) is 6.20. The quantitative estimate of drug-likeness (QED) is 0.681. The highest BCUT2D eigenvalue weighted by Gasteiger charge is 2.22. The summed E-state index contributed by atoms with van der Waals surface area (Å²) < 4.78 is 19.8. The maximum atomic E-state index is 13.4. The van der Waals surface area contributed by atoms with E-state index in [1.807, 2.05) is 6.92 Å². The Bertz CT molecular complexity index is 338. The molecule has 1 aliphatic heterocycles. The van der Waals surface area contributed by atoms with Crippen molar-refractivity contribution in [3.05, 3.63) is 33.5 Å². The van der Waals surface area contributed by atoms with E-state index in [4.69, 9.17) is 4.74 Å². The third-order valence-electron chi connectivity index (χ3n) is 2.37. The highest BCUT2D eigenvalue weighted by Crippen LogP contribution is 2.33. The molecule has 2 rings (SSSR count). The van der Waals surface area contributed by atoms with E-state index in [-0.39, 0.29) is 11.9 Å². The van der Waals surface area contributed by atoms with Gasteiger partial charge in [0.1, 0.15) is 5.82 Å². The fourth-order valence-corrected chi connectivity index (χ4v) is 2.27. The molecule has 0 saturated heterocycles. The maximum Gasteiger partial charge on any atom is 0.129 e. The molecule has 13 heavy (non-hydrogen) atoms. The summed E-state index contributed by atoms with van der Waals surface area (Å²) in [7, 11) is 0. The Morgan fingerprint density at radius 2 is 2.31 bits per heavy atom. The van der Waals surface area contributed by atoms with Crippen LogP contribution in [-0.4, -0.2) is 6.61 Å². The van der Waals surface area contributed by atoms with Gasteiger partial charge < -0.3 is 4.74 Å². The summed E-state index contributed by atoms with van der Waals surface area (Å²) in [6, 6.07) is 3.24. The number of ether oxygens (including phenoxy) is 1. The second-order valence-electron chi connectivity index (χ2n) is 3.18. The Hall–Kier alpha value is -0.410. The lowest BCUT2D eigenvalue weighted by Gasteiger charge is -2.24. The van der Waals surface area contributed by atoms with Crippen LogP contribution in [0.4, 0.5) is 4.39 Å². The molecule has 0 saturated carbocycles. The summed E-state index contributed by atoms with van der Waals surface area (Å²) in [6.07, 6.45) is 0.666. The first-order valence-corrected chi connectivity index (χ1v) is 5.08. The summed E-state index contributed by atoms with van der Waals surface area (Å²) >= 11 is 3.42. The zero-order valence-electron chi connectivity index (χ0n) is 7.31. The fraction of sp³-hybridized carbons (Fsp3) is 0.400. The summed E-state index contributed by atoms with van der Waals surface area (Å²) in [5, 5.41) is 0. The molecule has 1 aromatic carbocycles. The topological polar surface area (TPSA) is 9.23 Å². The van der Waals surface area contributed by atoms with E-state index >= 15 is 0 Å². The number of fused-ring (bicyclic) bond motifs is 1. The van der Waals surface area contributed by atoms with Crippen molar-refractivity contribution in [2.24, 2.45) is 0 Å². The fourth-order valence-electron chi connectivity index (χ4n) is 1.72. The number of hydrogen-bond acceptors (Lipinski definition) is 1. The number of benzene rings is 1. The molecule has 0 amide bonds. The van der Waals surface area contributed by atoms with Crippen molar-refractivity contribution in [1.29, 1.82) is 0 Å². The van der Waals surface area contributed by atoms with E-state index in [2.05, 4.69) is 15.9 Å². The van der Waals surface area contributed by atoms with Crippen molar-refractivity contribution in [3.63, 3.8) is 0 Å². The number of rotatable bonds is 0. The average Bonchev–Trinajstić information content (AvgIpc) is 2.12. The number of hydrogen-bond donors (Lipinski definition) is 0. The molecule has 0 aromatic heterocycles. The van der Waals surface area contributed by atoms with Crippen LogP contribution in [0.2, 0.25) is 0 Å². The van der Waals surface area contributed by atoms with Gasteiger partial charge in [0.05, 0.1) is 12.7 Å². The second-order valence-corrected chi connectivity index (χ2v) is 4.04. The molecule has 1 atom stereocenters. The van der Waals surface area contributed by atoms with Crippen LogP contribution in [0.3, 0.4) is 0 Å². The summed E-state index contributed by atoms with van der Waals surface area (Å²) in [6.45, 7) is 2.56. The van der Waals surface area contributed by atoms with E-state index in [0.717, 1.165) is 16.5 Å². The highest BCUT2D eigenvalue weighted by atomic mass is 79.9. The first-order valence-electron chi connectivity index (χ1n) is 4.28. The van der Waals surface area contributed by atoms with Crippen LogP contribution >= 0.6 is 15.9 Å². The molecule has 1 aromatic rings. The minimum absolute atomic E-state index is 0.124. The minimum atomic E-state index is -0.162. The van der Waals surface area contributed by atoms with Crippen LogP contribution in [0, 0.1) is 5.82 Å². The summed E-state index contributed by atoms with van der Waals surface area (Å²) in [4.78, 5) is 0. The molecule has 3 heteroatoms. The van der Waals surface area contributed by atoms with Crippen molar-refractivity contribution >= 4 is 15.9 Å². The molecular formula is C10H10BrFO.